The zero-order valence-corrected chi connectivity index (χ0v) is 15.2. The van der Waals surface area contributed by atoms with Gasteiger partial charge in [-0.05, 0) is 55.6 Å². The normalized spacial score (nSPS) is 26.2. The highest BCUT2D eigenvalue weighted by Gasteiger charge is 2.43. The van der Waals surface area contributed by atoms with Gasteiger partial charge in [0.05, 0.1) is 6.61 Å². The molecule has 3 rings (SSSR count). The number of ether oxygens (including phenoxy) is 1. The standard InChI is InChI=1S/C19H25NO3S/c1-18(10-4-3-5-11-18)13-23-15-8-6-14(7-9-15)12-19(2)16(21)20-17(22)24-19/h6-9H,3-5,10-13H2,1-2H3,(H,20,21,22)/t19-/m0/s1. The van der Waals surface area contributed by atoms with Gasteiger partial charge in [0, 0.05) is 5.41 Å². The summed E-state index contributed by atoms with van der Waals surface area (Å²) in [6.07, 6.45) is 6.96. The van der Waals surface area contributed by atoms with Crippen LogP contribution in [0, 0.1) is 5.41 Å². The molecule has 0 radical (unpaired) electrons. The van der Waals surface area contributed by atoms with E-state index in [0.29, 0.717) is 11.8 Å². The van der Waals surface area contributed by atoms with E-state index in [1.807, 2.05) is 31.2 Å². The molecule has 2 amide bonds. The number of thioether (sulfide) groups is 1. The van der Waals surface area contributed by atoms with Gasteiger partial charge in [-0.25, -0.2) is 0 Å². The lowest BCUT2D eigenvalue weighted by Crippen LogP contribution is -2.35. The van der Waals surface area contributed by atoms with Crippen LogP contribution in [0.2, 0.25) is 0 Å². The first-order valence-corrected chi connectivity index (χ1v) is 9.46. The quantitative estimate of drug-likeness (QED) is 0.862. The minimum atomic E-state index is -0.713. The van der Waals surface area contributed by atoms with Gasteiger partial charge in [0.15, 0.2) is 0 Å². The van der Waals surface area contributed by atoms with Gasteiger partial charge in [0.2, 0.25) is 5.91 Å². The Labute approximate surface area is 147 Å². The average Bonchev–Trinajstić information content (AvgIpc) is 2.79. The molecule has 0 bridgehead atoms. The van der Waals surface area contributed by atoms with Gasteiger partial charge in [0.25, 0.3) is 5.24 Å². The minimum absolute atomic E-state index is 0.206. The smallest absolute Gasteiger partial charge is 0.286 e. The third-order valence-electron chi connectivity index (χ3n) is 5.13. The molecule has 1 aliphatic heterocycles. The summed E-state index contributed by atoms with van der Waals surface area (Å²) in [6.45, 7) is 4.89. The van der Waals surface area contributed by atoms with Crippen molar-refractivity contribution in [1.29, 1.82) is 0 Å². The van der Waals surface area contributed by atoms with Crippen LogP contribution in [-0.2, 0) is 11.2 Å². The summed E-state index contributed by atoms with van der Waals surface area (Å²) in [5.74, 6) is 0.665. The van der Waals surface area contributed by atoms with Crippen molar-refractivity contribution in [3.05, 3.63) is 29.8 Å². The first-order valence-electron chi connectivity index (χ1n) is 8.65. The van der Waals surface area contributed by atoms with Crippen LogP contribution in [0.5, 0.6) is 5.75 Å². The molecule has 130 valence electrons. The summed E-state index contributed by atoms with van der Waals surface area (Å²) in [7, 11) is 0. The largest absolute Gasteiger partial charge is 0.493 e. The Balaban J connectivity index is 1.57. The monoisotopic (exact) mass is 347 g/mol. The van der Waals surface area contributed by atoms with Crippen molar-refractivity contribution in [1.82, 2.24) is 5.32 Å². The van der Waals surface area contributed by atoms with E-state index in [2.05, 4.69) is 12.2 Å². The molecule has 1 aromatic carbocycles. The number of hydrogen-bond donors (Lipinski definition) is 1. The molecule has 2 fully saturated rings. The van der Waals surface area contributed by atoms with Gasteiger partial charge < -0.3 is 4.74 Å². The van der Waals surface area contributed by atoms with Gasteiger partial charge in [0.1, 0.15) is 10.5 Å². The second-order valence-corrected chi connectivity index (χ2v) is 9.03. The maximum Gasteiger partial charge on any atom is 0.286 e. The van der Waals surface area contributed by atoms with Crippen LogP contribution in [0.1, 0.15) is 51.5 Å². The number of carbonyl (C=O) groups is 2. The number of nitrogens with one attached hydrogen (secondary N) is 1. The average molecular weight is 347 g/mol. The van der Waals surface area contributed by atoms with Crippen molar-refractivity contribution in [2.24, 2.45) is 5.41 Å². The van der Waals surface area contributed by atoms with Crippen LogP contribution in [0.15, 0.2) is 24.3 Å². The molecule has 1 atom stereocenters. The Morgan fingerprint density at radius 3 is 2.33 bits per heavy atom. The van der Waals surface area contributed by atoms with Crippen molar-refractivity contribution >= 4 is 22.9 Å². The second kappa shape index (κ2) is 6.79. The SMILES string of the molecule is CC1(COc2ccc(C[C@]3(C)SC(=O)NC3=O)cc2)CCCCC1. The molecule has 2 aliphatic rings. The van der Waals surface area contributed by atoms with Gasteiger partial charge in [-0.15, -0.1) is 0 Å². The molecule has 0 spiro atoms. The summed E-state index contributed by atoms with van der Waals surface area (Å²) in [6, 6.07) is 7.90. The Bertz CT molecular complexity index is 622. The van der Waals surface area contributed by atoms with E-state index in [1.54, 1.807) is 0 Å². The summed E-state index contributed by atoms with van der Waals surface area (Å²) >= 11 is 1.07. The lowest BCUT2D eigenvalue weighted by molar-refractivity contribution is -0.121. The summed E-state index contributed by atoms with van der Waals surface area (Å²) in [4.78, 5) is 23.3. The highest BCUT2D eigenvalue weighted by atomic mass is 32.2. The van der Waals surface area contributed by atoms with Crippen LogP contribution in [0.25, 0.3) is 0 Å². The predicted octanol–water partition coefficient (Wildman–Crippen LogP) is 4.32. The second-order valence-electron chi connectivity index (χ2n) is 7.56. The van der Waals surface area contributed by atoms with Gasteiger partial charge >= 0.3 is 0 Å². The molecule has 1 saturated carbocycles. The van der Waals surface area contributed by atoms with Crippen LogP contribution in [0.3, 0.4) is 0 Å². The Kier molecular flexibility index (Phi) is 4.90. The molecular formula is C19H25NO3S. The van der Waals surface area contributed by atoms with Crippen molar-refractivity contribution in [3.63, 3.8) is 0 Å². The molecule has 1 N–H and O–H groups in total. The number of benzene rings is 1. The van der Waals surface area contributed by atoms with E-state index in [-0.39, 0.29) is 11.1 Å². The van der Waals surface area contributed by atoms with Crippen molar-refractivity contribution in [2.75, 3.05) is 6.61 Å². The summed E-state index contributed by atoms with van der Waals surface area (Å²) in [5, 5.41) is 2.10. The lowest BCUT2D eigenvalue weighted by Gasteiger charge is -2.33. The van der Waals surface area contributed by atoms with E-state index in [0.717, 1.165) is 29.7 Å². The number of imide groups is 1. The minimum Gasteiger partial charge on any atom is -0.493 e. The fourth-order valence-corrected chi connectivity index (χ4v) is 4.45. The number of rotatable bonds is 5. The molecule has 5 heteroatoms. The molecule has 0 unspecified atom stereocenters. The molecular weight excluding hydrogens is 322 g/mol. The molecule has 1 aliphatic carbocycles. The molecule has 0 aromatic heterocycles. The third-order valence-corrected chi connectivity index (χ3v) is 6.19. The van der Waals surface area contributed by atoms with Gasteiger partial charge in [-0.2, -0.15) is 0 Å². The van der Waals surface area contributed by atoms with E-state index in [1.165, 1.54) is 32.1 Å². The van der Waals surface area contributed by atoms with Crippen LogP contribution in [-0.4, -0.2) is 22.5 Å². The van der Waals surface area contributed by atoms with Crippen molar-refractivity contribution in [3.8, 4) is 5.75 Å². The molecule has 1 aromatic rings. The summed E-state index contributed by atoms with van der Waals surface area (Å²) < 4.78 is 5.28. The first kappa shape index (κ1) is 17.3. The maximum absolute atomic E-state index is 11.9. The van der Waals surface area contributed by atoms with Gasteiger partial charge in [-0.1, -0.05) is 38.3 Å². The Morgan fingerprint density at radius 2 is 1.75 bits per heavy atom. The molecule has 1 heterocycles. The Morgan fingerprint density at radius 1 is 1.08 bits per heavy atom. The van der Waals surface area contributed by atoms with Crippen molar-refractivity contribution in [2.45, 2.75) is 57.1 Å². The van der Waals surface area contributed by atoms with Crippen molar-refractivity contribution < 1.29 is 14.3 Å². The van der Waals surface area contributed by atoms with Crippen LogP contribution >= 0.6 is 11.8 Å². The Hall–Kier alpha value is -1.49. The first-order chi connectivity index (χ1) is 11.4. The lowest BCUT2D eigenvalue weighted by atomic mass is 9.76. The third kappa shape index (κ3) is 3.94. The highest BCUT2D eigenvalue weighted by molar-refractivity contribution is 8.16. The molecule has 1 saturated heterocycles. The van der Waals surface area contributed by atoms with E-state index in [4.69, 9.17) is 4.74 Å². The van der Waals surface area contributed by atoms with Gasteiger partial charge in [-0.3, -0.25) is 14.9 Å². The van der Waals surface area contributed by atoms with E-state index >= 15 is 0 Å². The number of carbonyl (C=O) groups excluding carboxylic acids is 2. The highest BCUT2D eigenvalue weighted by Crippen LogP contribution is 2.37. The zero-order valence-electron chi connectivity index (χ0n) is 14.4. The number of amides is 2. The zero-order chi connectivity index (χ0) is 17.2. The predicted molar refractivity (Wildman–Crippen MR) is 96.4 cm³/mol. The summed E-state index contributed by atoms with van der Waals surface area (Å²) in [5.41, 5.74) is 1.33. The topological polar surface area (TPSA) is 55.4 Å². The maximum atomic E-state index is 11.9. The fraction of sp³-hybridized carbons (Fsp3) is 0.579. The van der Waals surface area contributed by atoms with Crippen LogP contribution in [0.4, 0.5) is 4.79 Å². The molecule has 24 heavy (non-hydrogen) atoms. The molecule has 4 nitrogen and oxygen atoms in total. The van der Waals surface area contributed by atoms with E-state index < -0.39 is 4.75 Å². The van der Waals surface area contributed by atoms with E-state index in [9.17, 15) is 9.59 Å². The van der Waals surface area contributed by atoms with Crippen LogP contribution < -0.4 is 10.1 Å². The number of hydrogen-bond acceptors (Lipinski definition) is 4. The fourth-order valence-electron chi connectivity index (χ4n) is 3.52.